The maximum absolute atomic E-state index is 13.0. The third-order valence-electron chi connectivity index (χ3n) is 5.74. The second-order valence-electron chi connectivity index (χ2n) is 7.70. The number of carbonyl (C=O) groups is 2. The monoisotopic (exact) mass is 429 g/mol. The number of rotatable bonds is 4. The Labute approximate surface area is 179 Å². The van der Waals surface area contributed by atoms with Crippen LogP contribution in [0, 0.1) is 0 Å². The zero-order chi connectivity index (χ0) is 21.3. The van der Waals surface area contributed by atoms with Gasteiger partial charge in [0.25, 0.3) is 5.56 Å². The van der Waals surface area contributed by atoms with Crippen molar-refractivity contribution in [3.05, 3.63) is 45.2 Å². The van der Waals surface area contributed by atoms with Gasteiger partial charge in [0.05, 0.1) is 11.5 Å². The van der Waals surface area contributed by atoms with Crippen molar-refractivity contribution in [3.63, 3.8) is 0 Å². The molecule has 1 fully saturated rings. The zero-order valence-electron chi connectivity index (χ0n) is 16.7. The Kier molecular flexibility index (Phi) is 5.76. The molecule has 2 aliphatic heterocycles. The summed E-state index contributed by atoms with van der Waals surface area (Å²) in [5.41, 5.74) is 0.332. The van der Waals surface area contributed by atoms with Crippen LogP contribution in [0.25, 0.3) is 0 Å². The molecule has 9 heteroatoms. The SMILES string of the molecule is CC[C@H]1CCCCN1c1nc2c(c(=O)[nH]1)[C@H](C(=O)Nc1ccc(Cl)cc1)CC(=O)N2. The van der Waals surface area contributed by atoms with Crippen molar-refractivity contribution in [2.75, 3.05) is 22.1 Å². The molecule has 2 atom stereocenters. The molecular weight excluding hydrogens is 406 g/mol. The van der Waals surface area contributed by atoms with E-state index in [0.717, 1.165) is 32.2 Å². The van der Waals surface area contributed by atoms with Crippen LogP contribution in [0.15, 0.2) is 29.1 Å². The summed E-state index contributed by atoms with van der Waals surface area (Å²) >= 11 is 5.88. The normalized spacial score (nSPS) is 21.0. The summed E-state index contributed by atoms with van der Waals surface area (Å²) in [4.78, 5) is 47.6. The minimum Gasteiger partial charge on any atom is -0.339 e. The minimum atomic E-state index is -0.918. The van der Waals surface area contributed by atoms with Crippen molar-refractivity contribution < 1.29 is 9.59 Å². The van der Waals surface area contributed by atoms with Crippen molar-refractivity contribution in [1.82, 2.24) is 9.97 Å². The number of H-pyrrole nitrogens is 1. The Bertz CT molecular complexity index is 1020. The molecule has 3 heterocycles. The average molecular weight is 430 g/mol. The van der Waals surface area contributed by atoms with Gasteiger partial charge in [-0.3, -0.25) is 19.4 Å². The number of benzene rings is 1. The molecule has 0 radical (unpaired) electrons. The van der Waals surface area contributed by atoms with Gasteiger partial charge < -0.3 is 15.5 Å². The van der Waals surface area contributed by atoms with Crippen LogP contribution in [-0.4, -0.2) is 34.4 Å². The first-order valence-electron chi connectivity index (χ1n) is 10.2. The van der Waals surface area contributed by atoms with E-state index in [1.807, 2.05) is 0 Å². The van der Waals surface area contributed by atoms with Crippen LogP contribution < -0.4 is 21.1 Å². The smallest absolute Gasteiger partial charge is 0.258 e. The van der Waals surface area contributed by atoms with Crippen molar-refractivity contribution in [2.24, 2.45) is 0 Å². The average Bonchev–Trinajstić information content (AvgIpc) is 2.74. The van der Waals surface area contributed by atoms with Gasteiger partial charge in [-0.05, 0) is 49.9 Å². The van der Waals surface area contributed by atoms with Gasteiger partial charge in [0, 0.05) is 29.7 Å². The standard InChI is InChI=1S/C21H24ClN5O3/c1-2-14-5-3-4-10-27(14)21-25-18-17(20(30)26-21)15(11-16(28)24-18)19(29)23-13-8-6-12(22)7-9-13/h6-9,14-15H,2-5,10-11H2,1H3,(H,23,29)(H2,24,25,26,28,30)/t14-,15+/m0/s1. The first kappa shape index (κ1) is 20.4. The van der Waals surface area contributed by atoms with Crippen molar-refractivity contribution >= 4 is 40.9 Å². The Morgan fingerprint density at radius 3 is 2.77 bits per heavy atom. The van der Waals surface area contributed by atoms with Crippen LogP contribution >= 0.6 is 11.6 Å². The minimum absolute atomic E-state index is 0.113. The number of carbonyl (C=O) groups excluding carboxylic acids is 2. The van der Waals surface area contributed by atoms with E-state index in [9.17, 15) is 14.4 Å². The summed E-state index contributed by atoms with van der Waals surface area (Å²) in [6.07, 6.45) is 4.04. The Balaban J connectivity index is 1.65. The molecule has 1 saturated heterocycles. The van der Waals surface area contributed by atoms with Gasteiger partial charge in [-0.1, -0.05) is 18.5 Å². The molecule has 158 valence electrons. The number of fused-ring (bicyclic) bond motifs is 1. The van der Waals surface area contributed by atoms with E-state index in [2.05, 4.69) is 32.4 Å². The Morgan fingerprint density at radius 2 is 2.03 bits per heavy atom. The number of nitrogens with one attached hydrogen (secondary N) is 3. The summed E-state index contributed by atoms with van der Waals surface area (Å²) < 4.78 is 0. The van der Waals surface area contributed by atoms with E-state index >= 15 is 0 Å². The molecule has 3 N–H and O–H groups in total. The molecule has 8 nitrogen and oxygen atoms in total. The lowest BCUT2D eigenvalue weighted by molar-refractivity contribution is -0.123. The fourth-order valence-corrected chi connectivity index (χ4v) is 4.31. The highest BCUT2D eigenvalue weighted by Gasteiger charge is 2.35. The molecule has 0 spiro atoms. The number of halogens is 1. The molecule has 0 saturated carbocycles. The van der Waals surface area contributed by atoms with Gasteiger partial charge in [0.2, 0.25) is 17.8 Å². The molecule has 0 aliphatic carbocycles. The van der Waals surface area contributed by atoms with Gasteiger partial charge >= 0.3 is 0 Å². The summed E-state index contributed by atoms with van der Waals surface area (Å²) in [5, 5.41) is 5.98. The molecule has 30 heavy (non-hydrogen) atoms. The lowest BCUT2D eigenvalue weighted by Gasteiger charge is -2.36. The van der Waals surface area contributed by atoms with E-state index in [4.69, 9.17) is 11.6 Å². The second kappa shape index (κ2) is 8.47. The van der Waals surface area contributed by atoms with Crippen LogP contribution in [0.4, 0.5) is 17.5 Å². The van der Waals surface area contributed by atoms with E-state index in [0.29, 0.717) is 22.7 Å². The lowest BCUT2D eigenvalue weighted by atomic mass is 9.92. The third kappa shape index (κ3) is 4.05. The van der Waals surface area contributed by atoms with Crippen molar-refractivity contribution in [1.29, 1.82) is 0 Å². The molecule has 0 unspecified atom stereocenters. The highest BCUT2D eigenvalue weighted by atomic mass is 35.5. The Morgan fingerprint density at radius 1 is 1.27 bits per heavy atom. The quantitative estimate of drug-likeness (QED) is 0.691. The molecule has 0 bridgehead atoms. The predicted octanol–water partition coefficient (Wildman–Crippen LogP) is 3.26. The number of hydrogen-bond donors (Lipinski definition) is 3. The van der Waals surface area contributed by atoms with Crippen LogP contribution in [0.2, 0.25) is 5.02 Å². The number of nitrogens with zero attached hydrogens (tertiary/aromatic N) is 2. The summed E-state index contributed by atoms with van der Waals surface area (Å²) in [5.74, 6) is -1.07. The lowest BCUT2D eigenvalue weighted by Crippen LogP contribution is -2.43. The number of aromatic amines is 1. The maximum Gasteiger partial charge on any atom is 0.258 e. The topological polar surface area (TPSA) is 107 Å². The van der Waals surface area contributed by atoms with Gasteiger partial charge in [-0.2, -0.15) is 4.98 Å². The molecular formula is C21H24ClN5O3. The van der Waals surface area contributed by atoms with Crippen molar-refractivity contribution in [2.45, 2.75) is 51.0 Å². The zero-order valence-corrected chi connectivity index (χ0v) is 17.5. The van der Waals surface area contributed by atoms with Crippen LogP contribution in [0.5, 0.6) is 0 Å². The van der Waals surface area contributed by atoms with Crippen LogP contribution in [0.3, 0.4) is 0 Å². The van der Waals surface area contributed by atoms with Gasteiger partial charge in [-0.25, -0.2) is 0 Å². The molecule has 2 amide bonds. The van der Waals surface area contributed by atoms with E-state index in [1.165, 1.54) is 0 Å². The molecule has 1 aromatic heterocycles. The van der Waals surface area contributed by atoms with E-state index in [1.54, 1.807) is 24.3 Å². The fourth-order valence-electron chi connectivity index (χ4n) is 4.19. The number of aromatic nitrogens is 2. The van der Waals surface area contributed by atoms with Crippen LogP contribution in [0.1, 0.15) is 50.5 Å². The number of piperidine rings is 1. The second-order valence-corrected chi connectivity index (χ2v) is 8.14. The summed E-state index contributed by atoms with van der Waals surface area (Å²) in [6.45, 7) is 2.91. The highest BCUT2D eigenvalue weighted by molar-refractivity contribution is 6.30. The molecule has 2 aliphatic rings. The largest absolute Gasteiger partial charge is 0.339 e. The summed E-state index contributed by atoms with van der Waals surface area (Å²) in [6, 6.07) is 6.93. The summed E-state index contributed by atoms with van der Waals surface area (Å²) in [7, 11) is 0. The van der Waals surface area contributed by atoms with Gasteiger partial charge in [-0.15, -0.1) is 0 Å². The first-order valence-corrected chi connectivity index (χ1v) is 10.6. The number of hydrogen-bond acceptors (Lipinski definition) is 5. The fraction of sp³-hybridized carbons (Fsp3) is 0.429. The van der Waals surface area contributed by atoms with Gasteiger partial charge in [0.15, 0.2) is 0 Å². The predicted molar refractivity (Wildman–Crippen MR) is 116 cm³/mol. The maximum atomic E-state index is 13.0. The van der Waals surface area contributed by atoms with E-state index < -0.39 is 17.4 Å². The Hall–Kier alpha value is -2.87. The molecule has 1 aromatic carbocycles. The van der Waals surface area contributed by atoms with E-state index in [-0.39, 0.29) is 23.7 Å². The molecule has 4 rings (SSSR count). The third-order valence-corrected chi connectivity index (χ3v) is 5.99. The van der Waals surface area contributed by atoms with Gasteiger partial charge in [0.1, 0.15) is 5.82 Å². The number of amides is 2. The highest BCUT2D eigenvalue weighted by Crippen LogP contribution is 2.31. The van der Waals surface area contributed by atoms with Crippen LogP contribution in [-0.2, 0) is 9.59 Å². The number of anilines is 3. The first-order chi connectivity index (χ1) is 14.5. The molecule has 2 aromatic rings. The van der Waals surface area contributed by atoms with Crippen molar-refractivity contribution in [3.8, 4) is 0 Å².